The van der Waals surface area contributed by atoms with Crippen molar-refractivity contribution in [2.45, 2.75) is 51.4 Å². The second-order valence-corrected chi connectivity index (χ2v) is 7.22. The summed E-state index contributed by atoms with van der Waals surface area (Å²) in [5, 5.41) is 2.64. The molecule has 1 rings (SSSR count). The Morgan fingerprint density at radius 2 is 1.84 bits per heavy atom. The number of ether oxygens (including phenoxy) is 2. The molecule has 1 aromatic rings. The topological polar surface area (TPSA) is 90.6 Å². The fraction of sp³-hybridized carbons (Fsp3) is 0.556. The Balaban J connectivity index is 2.32. The molecule has 0 fully saturated rings. The quantitative estimate of drug-likeness (QED) is 0.373. The lowest BCUT2D eigenvalue weighted by Crippen LogP contribution is -2.53. The number of esters is 1. The molecule has 0 aromatic heterocycles. The SMILES string of the molecule is CC(C)(C)OC(=O)[C@@](N)(CS)CCCNC(=O)OCc1ccccc1. The van der Waals surface area contributed by atoms with Crippen LogP contribution in [-0.4, -0.2) is 35.5 Å². The number of hydrogen-bond donors (Lipinski definition) is 3. The van der Waals surface area contributed by atoms with Gasteiger partial charge in [0.15, 0.2) is 0 Å². The first kappa shape index (κ1) is 21.3. The second kappa shape index (κ2) is 9.68. The van der Waals surface area contributed by atoms with Gasteiger partial charge in [-0.05, 0) is 39.2 Å². The van der Waals surface area contributed by atoms with Crippen molar-refractivity contribution in [1.29, 1.82) is 0 Å². The summed E-state index contributed by atoms with van der Waals surface area (Å²) in [6, 6.07) is 9.42. The van der Waals surface area contributed by atoms with Crippen LogP contribution >= 0.6 is 12.6 Å². The Kier molecular flexibility index (Phi) is 8.25. The predicted molar refractivity (Wildman–Crippen MR) is 100 cm³/mol. The second-order valence-electron chi connectivity index (χ2n) is 6.91. The number of nitrogens with one attached hydrogen (secondary N) is 1. The van der Waals surface area contributed by atoms with Gasteiger partial charge in [0.1, 0.15) is 17.7 Å². The van der Waals surface area contributed by atoms with Crippen molar-refractivity contribution in [3.05, 3.63) is 35.9 Å². The van der Waals surface area contributed by atoms with Gasteiger partial charge in [-0.2, -0.15) is 12.6 Å². The minimum Gasteiger partial charge on any atom is -0.459 e. The fourth-order valence-electron chi connectivity index (χ4n) is 1.99. The molecule has 0 unspecified atom stereocenters. The summed E-state index contributed by atoms with van der Waals surface area (Å²) in [5.74, 6) is -0.318. The first-order valence-corrected chi connectivity index (χ1v) is 8.87. The minimum absolute atomic E-state index is 0.167. The fourth-order valence-corrected chi connectivity index (χ4v) is 2.28. The third kappa shape index (κ3) is 8.27. The average molecular weight is 368 g/mol. The molecule has 0 bridgehead atoms. The molecule has 0 radical (unpaired) electrons. The molecule has 0 aliphatic heterocycles. The molecule has 0 spiro atoms. The first-order valence-electron chi connectivity index (χ1n) is 8.24. The van der Waals surface area contributed by atoms with Crippen molar-refractivity contribution in [3.8, 4) is 0 Å². The molecule has 140 valence electrons. The van der Waals surface area contributed by atoms with E-state index < -0.39 is 23.2 Å². The van der Waals surface area contributed by atoms with Gasteiger partial charge in [-0.1, -0.05) is 30.3 Å². The summed E-state index contributed by atoms with van der Waals surface area (Å²) in [5.41, 5.74) is 5.24. The van der Waals surface area contributed by atoms with E-state index in [9.17, 15) is 9.59 Å². The zero-order valence-electron chi connectivity index (χ0n) is 15.1. The number of rotatable bonds is 8. The summed E-state index contributed by atoms with van der Waals surface area (Å²) in [6.07, 6.45) is 0.357. The van der Waals surface area contributed by atoms with Crippen LogP contribution in [-0.2, 0) is 20.9 Å². The number of thiol groups is 1. The molecule has 25 heavy (non-hydrogen) atoms. The highest BCUT2D eigenvalue weighted by atomic mass is 32.1. The van der Waals surface area contributed by atoms with E-state index in [-0.39, 0.29) is 12.4 Å². The van der Waals surface area contributed by atoms with E-state index in [1.54, 1.807) is 20.8 Å². The Bertz CT molecular complexity index is 560. The highest BCUT2D eigenvalue weighted by molar-refractivity contribution is 7.80. The normalized spacial score (nSPS) is 13.6. The molecule has 1 aromatic carbocycles. The molecule has 6 nitrogen and oxygen atoms in total. The number of benzene rings is 1. The van der Waals surface area contributed by atoms with Gasteiger partial charge in [0.05, 0.1) is 0 Å². The van der Waals surface area contributed by atoms with Crippen LogP contribution in [0.3, 0.4) is 0 Å². The van der Waals surface area contributed by atoms with E-state index in [4.69, 9.17) is 15.2 Å². The van der Waals surface area contributed by atoms with Gasteiger partial charge in [-0.15, -0.1) is 0 Å². The summed E-state index contributed by atoms with van der Waals surface area (Å²) in [7, 11) is 0. The monoisotopic (exact) mass is 368 g/mol. The minimum atomic E-state index is -1.17. The molecule has 7 heteroatoms. The Morgan fingerprint density at radius 3 is 2.40 bits per heavy atom. The van der Waals surface area contributed by atoms with Gasteiger partial charge in [0.2, 0.25) is 0 Å². The maximum absolute atomic E-state index is 12.2. The van der Waals surface area contributed by atoms with E-state index in [1.165, 1.54) is 0 Å². The number of amides is 1. The standard InChI is InChI=1S/C18H28N2O4S/c1-17(2,3)24-15(21)18(19,13-25)10-7-11-20-16(22)23-12-14-8-5-4-6-9-14/h4-6,8-9,25H,7,10-13,19H2,1-3H3,(H,20,22)/t18-/m0/s1. The molecule has 0 aliphatic carbocycles. The van der Waals surface area contributed by atoms with Gasteiger partial charge in [0.25, 0.3) is 0 Å². The van der Waals surface area contributed by atoms with E-state index >= 15 is 0 Å². The smallest absolute Gasteiger partial charge is 0.407 e. The lowest BCUT2D eigenvalue weighted by molar-refractivity contribution is -0.161. The summed E-state index contributed by atoms with van der Waals surface area (Å²) >= 11 is 4.17. The Hall–Kier alpha value is -1.73. The predicted octanol–water partition coefficient (Wildman–Crippen LogP) is 2.66. The molecule has 3 N–H and O–H groups in total. The Morgan fingerprint density at radius 1 is 1.20 bits per heavy atom. The van der Waals surface area contributed by atoms with Crippen LogP contribution < -0.4 is 11.1 Å². The van der Waals surface area contributed by atoms with E-state index in [2.05, 4.69) is 17.9 Å². The average Bonchev–Trinajstić information content (AvgIpc) is 2.56. The van der Waals surface area contributed by atoms with Gasteiger partial charge in [-0.3, -0.25) is 4.79 Å². The van der Waals surface area contributed by atoms with Crippen LogP contribution in [0.25, 0.3) is 0 Å². The largest absolute Gasteiger partial charge is 0.459 e. The molecule has 0 aliphatic rings. The van der Waals surface area contributed by atoms with Crippen LogP contribution in [0.5, 0.6) is 0 Å². The highest BCUT2D eigenvalue weighted by Gasteiger charge is 2.36. The van der Waals surface area contributed by atoms with Crippen LogP contribution in [0, 0.1) is 0 Å². The Labute approximate surface area is 154 Å². The van der Waals surface area contributed by atoms with Crippen LogP contribution in [0.4, 0.5) is 4.79 Å². The number of carbonyl (C=O) groups excluding carboxylic acids is 2. The molecule has 1 amide bonds. The molecule has 1 atom stereocenters. The van der Waals surface area contributed by atoms with Gasteiger partial charge >= 0.3 is 12.1 Å². The molecule has 0 saturated carbocycles. The van der Waals surface area contributed by atoms with Gasteiger partial charge < -0.3 is 20.5 Å². The number of hydrogen-bond acceptors (Lipinski definition) is 6. The number of nitrogens with two attached hydrogens (primary N) is 1. The molecular formula is C18H28N2O4S. The summed E-state index contributed by atoms with van der Waals surface area (Å²) < 4.78 is 10.4. The van der Waals surface area contributed by atoms with Crippen molar-refractivity contribution < 1.29 is 19.1 Å². The lowest BCUT2D eigenvalue weighted by Gasteiger charge is -2.30. The zero-order chi connectivity index (χ0) is 18.9. The van der Waals surface area contributed by atoms with Crippen LogP contribution in [0.15, 0.2) is 30.3 Å². The number of alkyl carbamates (subject to hydrolysis) is 1. The summed E-state index contributed by atoms with van der Waals surface area (Å²) in [6.45, 7) is 5.92. The third-order valence-corrected chi connectivity index (χ3v) is 3.93. The first-order chi connectivity index (χ1) is 11.7. The van der Waals surface area contributed by atoms with E-state index in [0.717, 1.165) is 5.56 Å². The molecular weight excluding hydrogens is 340 g/mol. The van der Waals surface area contributed by atoms with Crippen molar-refractivity contribution in [1.82, 2.24) is 5.32 Å². The molecule has 0 saturated heterocycles. The van der Waals surface area contributed by atoms with Crippen LogP contribution in [0.2, 0.25) is 0 Å². The lowest BCUT2D eigenvalue weighted by atomic mass is 9.96. The van der Waals surface area contributed by atoms with Gasteiger partial charge in [0, 0.05) is 12.3 Å². The molecule has 0 heterocycles. The maximum atomic E-state index is 12.2. The van der Waals surface area contributed by atoms with Crippen molar-refractivity contribution in [2.24, 2.45) is 5.73 Å². The summed E-state index contributed by atoms with van der Waals surface area (Å²) in [4.78, 5) is 23.9. The third-order valence-electron chi connectivity index (χ3n) is 3.37. The zero-order valence-corrected chi connectivity index (χ0v) is 16.0. The highest BCUT2D eigenvalue weighted by Crippen LogP contribution is 2.18. The number of carbonyl (C=O) groups is 2. The maximum Gasteiger partial charge on any atom is 0.407 e. The van der Waals surface area contributed by atoms with Crippen molar-refractivity contribution >= 4 is 24.7 Å². The van der Waals surface area contributed by atoms with Crippen LogP contribution in [0.1, 0.15) is 39.2 Å². The van der Waals surface area contributed by atoms with Crippen molar-refractivity contribution in [3.63, 3.8) is 0 Å². The van der Waals surface area contributed by atoms with Crippen molar-refractivity contribution in [2.75, 3.05) is 12.3 Å². The van der Waals surface area contributed by atoms with E-state index in [1.807, 2.05) is 30.3 Å². The van der Waals surface area contributed by atoms with Gasteiger partial charge in [-0.25, -0.2) is 4.79 Å². The van der Waals surface area contributed by atoms with E-state index in [0.29, 0.717) is 19.4 Å².